The number of carbonyl (C=O) groups is 2. The number of amides is 2. The number of hydrogen-bond donors (Lipinski definition) is 1. The number of rotatable bonds is 8. The molecule has 11 heteroatoms. The van der Waals surface area contributed by atoms with Gasteiger partial charge in [0.1, 0.15) is 16.4 Å². The van der Waals surface area contributed by atoms with Crippen LogP contribution in [0.1, 0.15) is 35.7 Å². The standard InChI is InChI=1S/C30H32ClN3O6S/c1-3-40-27-11-7-23(31)18-28(27)41(37,38)33-15-12-21(13-16-33)29(35)32-24-8-4-20-14-17-34(26(20)19-24)30(36)22-5-9-25(39-2)10-6-22/h4-11,18-19,21H,3,12-17H2,1-2H3,(H,32,35). The largest absolute Gasteiger partial charge is 0.497 e. The maximum absolute atomic E-state index is 13.4. The van der Waals surface area contributed by atoms with Gasteiger partial charge in [0.05, 0.1) is 13.7 Å². The monoisotopic (exact) mass is 597 g/mol. The zero-order valence-corrected chi connectivity index (χ0v) is 24.5. The van der Waals surface area contributed by atoms with Gasteiger partial charge in [-0.05, 0) is 86.3 Å². The fourth-order valence-electron chi connectivity index (χ4n) is 5.26. The SMILES string of the molecule is CCOc1ccc(Cl)cc1S(=O)(=O)N1CCC(C(=O)Nc2ccc3c(c2)N(C(=O)c2ccc(OC)cc2)CC3)CC1. The van der Waals surface area contributed by atoms with Crippen LogP contribution < -0.4 is 19.7 Å². The number of anilines is 2. The van der Waals surface area contributed by atoms with Crippen molar-refractivity contribution in [1.82, 2.24) is 4.31 Å². The second kappa shape index (κ2) is 12.1. The smallest absolute Gasteiger partial charge is 0.258 e. The molecule has 9 nitrogen and oxygen atoms in total. The van der Waals surface area contributed by atoms with Crippen molar-refractivity contribution in [3.63, 3.8) is 0 Å². The fraction of sp³-hybridized carbons (Fsp3) is 0.333. The zero-order valence-electron chi connectivity index (χ0n) is 22.9. The number of benzene rings is 3. The van der Waals surface area contributed by atoms with E-state index in [9.17, 15) is 18.0 Å². The molecule has 0 spiro atoms. The molecule has 216 valence electrons. The summed E-state index contributed by atoms with van der Waals surface area (Å²) in [6.45, 7) is 3.07. The molecule has 1 fully saturated rings. The molecule has 0 bridgehead atoms. The topological polar surface area (TPSA) is 105 Å². The molecular weight excluding hydrogens is 566 g/mol. The number of nitrogens with zero attached hydrogens (tertiary/aromatic N) is 2. The first-order valence-corrected chi connectivity index (χ1v) is 15.3. The molecule has 41 heavy (non-hydrogen) atoms. The maximum atomic E-state index is 13.4. The lowest BCUT2D eigenvalue weighted by Gasteiger charge is -2.31. The average molecular weight is 598 g/mol. The lowest BCUT2D eigenvalue weighted by atomic mass is 9.97. The minimum absolute atomic E-state index is 0.0293. The van der Waals surface area contributed by atoms with Gasteiger partial charge in [-0.25, -0.2) is 8.42 Å². The Morgan fingerprint density at radius 3 is 2.41 bits per heavy atom. The average Bonchev–Trinajstić information content (AvgIpc) is 3.41. The lowest BCUT2D eigenvalue weighted by Crippen LogP contribution is -2.41. The zero-order chi connectivity index (χ0) is 29.1. The summed E-state index contributed by atoms with van der Waals surface area (Å²) in [7, 11) is -2.27. The maximum Gasteiger partial charge on any atom is 0.258 e. The minimum Gasteiger partial charge on any atom is -0.497 e. The molecular formula is C30H32ClN3O6S. The van der Waals surface area contributed by atoms with Crippen molar-refractivity contribution in [2.45, 2.75) is 31.1 Å². The fourth-order valence-corrected chi connectivity index (χ4v) is 7.12. The van der Waals surface area contributed by atoms with Gasteiger partial charge in [0.2, 0.25) is 15.9 Å². The van der Waals surface area contributed by atoms with Crippen molar-refractivity contribution in [3.05, 3.63) is 76.8 Å². The first kappa shape index (κ1) is 28.9. The number of fused-ring (bicyclic) bond motifs is 1. The van der Waals surface area contributed by atoms with Crippen molar-refractivity contribution in [2.75, 3.05) is 43.6 Å². The van der Waals surface area contributed by atoms with Crippen LogP contribution in [0.15, 0.2) is 65.6 Å². The van der Waals surface area contributed by atoms with Crippen molar-refractivity contribution in [1.29, 1.82) is 0 Å². The molecule has 3 aromatic carbocycles. The molecule has 0 aliphatic carbocycles. The summed E-state index contributed by atoms with van der Waals surface area (Å²) >= 11 is 6.09. The highest BCUT2D eigenvalue weighted by atomic mass is 35.5. The van der Waals surface area contributed by atoms with E-state index in [-0.39, 0.29) is 41.5 Å². The van der Waals surface area contributed by atoms with E-state index >= 15 is 0 Å². The molecule has 3 aromatic rings. The Morgan fingerprint density at radius 1 is 1.00 bits per heavy atom. The Hall–Kier alpha value is -3.60. The summed E-state index contributed by atoms with van der Waals surface area (Å²) in [6.07, 6.45) is 1.49. The van der Waals surface area contributed by atoms with Gasteiger partial charge in [0.25, 0.3) is 5.91 Å². The summed E-state index contributed by atoms with van der Waals surface area (Å²) in [5.74, 6) is 0.295. The van der Waals surface area contributed by atoms with Crippen LogP contribution in [0.5, 0.6) is 11.5 Å². The Morgan fingerprint density at radius 2 is 1.73 bits per heavy atom. The van der Waals surface area contributed by atoms with Crippen molar-refractivity contribution >= 4 is 44.8 Å². The molecule has 2 aliphatic heterocycles. The minimum atomic E-state index is -3.85. The Kier molecular flexibility index (Phi) is 8.53. The van der Waals surface area contributed by atoms with Gasteiger partial charge in [-0.15, -0.1) is 0 Å². The van der Waals surface area contributed by atoms with Crippen molar-refractivity contribution < 1.29 is 27.5 Å². The predicted molar refractivity (Wildman–Crippen MR) is 158 cm³/mol. The number of hydrogen-bond acceptors (Lipinski definition) is 6. The summed E-state index contributed by atoms with van der Waals surface area (Å²) in [5.41, 5.74) is 2.96. The molecule has 0 aromatic heterocycles. The van der Waals surface area contributed by atoms with Crippen LogP contribution in [0.4, 0.5) is 11.4 Å². The van der Waals surface area contributed by atoms with Crippen LogP contribution in [0.25, 0.3) is 0 Å². The number of sulfonamides is 1. The van der Waals surface area contributed by atoms with Gasteiger partial charge < -0.3 is 19.7 Å². The lowest BCUT2D eigenvalue weighted by molar-refractivity contribution is -0.120. The third-order valence-electron chi connectivity index (χ3n) is 7.48. The Bertz CT molecular complexity index is 1550. The predicted octanol–water partition coefficient (Wildman–Crippen LogP) is 4.99. The van der Waals surface area contributed by atoms with Crippen molar-refractivity contribution in [3.8, 4) is 11.5 Å². The van der Waals surface area contributed by atoms with E-state index in [1.54, 1.807) is 55.3 Å². The van der Waals surface area contributed by atoms with Crippen LogP contribution in [-0.4, -0.2) is 57.9 Å². The molecule has 1 N–H and O–H groups in total. The summed E-state index contributed by atoms with van der Waals surface area (Å²) in [4.78, 5) is 28.1. The highest BCUT2D eigenvalue weighted by Crippen LogP contribution is 2.34. The number of piperidine rings is 1. The molecule has 2 heterocycles. The van der Waals surface area contributed by atoms with E-state index in [2.05, 4.69) is 5.32 Å². The van der Waals surface area contributed by atoms with Gasteiger partial charge in [0, 0.05) is 47.5 Å². The van der Waals surface area contributed by atoms with Gasteiger partial charge >= 0.3 is 0 Å². The number of carbonyl (C=O) groups excluding carboxylic acids is 2. The summed E-state index contributed by atoms with van der Waals surface area (Å²) in [6, 6.07) is 17.1. The van der Waals surface area contributed by atoms with E-state index < -0.39 is 10.0 Å². The molecule has 2 aliphatic rings. The van der Waals surface area contributed by atoms with E-state index in [1.165, 1.54) is 10.4 Å². The van der Waals surface area contributed by atoms with Crippen molar-refractivity contribution in [2.24, 2.45) is 5.92 Å². The van der Waals surface area contributed by atoms with Crippen LogP contribution in [0, 0.1) is 5.92 Å². The second-order valence-electron chi connectivity index (χ2n) is 9.97. The number of methoxy groups -OCH3 is 1. The van der Waals surface area contributed by atoms with Crippen LogP contribution in [0.3, 0.4) is 0 Å². The van der Waals surface area contributed by atoms with E-state index in [1.807, 2.05) is 18.2 Å². The quantitative estimate of drug-likeness (QED) is 0.392. The molecule has 5 rings (SSSR count). The molecule has 0 radical (unpaired) electrons. The van der Waals surface area contributed by atoms with E-state index in [0.717, 1.165) is 17.7 Å². The van der Waals surface area contributed by atoms with E-state index in [4.69, 9.17) is 21.1 Å². The Balaban J connectivity index is 1.24. The molecule has 1 saturated heterocycles. The first-order chi connectivity index (χ1) is 19.7. The first-order valence-electron chi connectivity index (χ1n) is 13.5. The number of nitrogens with one attached hydrogen (secondary N) is 1. The van der Waals surface area contributed by atoms with Crippen LogP contribution in [-0.2, 0) is 21.2 Å². The molecule has 0 atom stereocenters. The van der Waals surface area contributed by atoms with Crippen LogP contribution in [0.2, 0.25) is 5.02 Å². The molecule has 0 saturated carbocycles. The third-order valence-corrected chi connectivity index (χ3v) is 9.63. The number of halogens is 1. The molecule has 0 unspecified atom stereocenters. The van der Waals surface area contributed by atoms with Gasteiger partial charge in [-0.1, -0.05) is 17.7 Å². The molecule has 2 amide bonds. The summed E-state index contributed by atoms with van der Waals surface area (Å²) < 4.78 is 38.8. The Labute approximate surface area is 245 Å². The van der Waals surface area contributed by atoms with Gasteiger partial charge in [-0.2, -0.15) is 4.31 Å². The van der Waals surface area contributed by atoms with E-state index in [0.29, 0.717) is 48.0 Å². The second-order valence-corrected chi connectivity index (χ2v) is 12.3. The highest BCUT2D eigenvalue weighted by Gasteiger charge is 2.34. The van der Waals surface area contributed by atoms with Crippen LogP contribution >= 0.6 is 11.6 Å². The normalized spacial score (nSPS) is 15.8. The van der Waals surface area contributed by atoms with Gasteiger partial charge in [-0.3, -0.25) is 9.59 Å². The van der Waals surface area contributed by atoms with Gasteiger partial charge in [0.15, 0.2) is 0 Å². The summed E-state index contributed by atoms with van der Waals surface area (Å²) in [5, 5.41) is 3.28. The third kappa shape index (κ3) is 6.05. The highest BCUT2D eigenvalue weighted by molar-refractivity contribution is 7.89. The number of ether oxygens (including phenoxy) is 2.